The number of pyridine rings is 1. The average molecular weight is 464 g/mol. The first-order valence-corrected chi connectivity index (χ1v) is 10.7. The molecule has 0 bridgehead atoms. The number of aromatic nitrogens is 3. The van der Waals surface area contributed by atoms with Gasteiger partial charge >= 0.3 is 5.97 Å². The maximum atomic E-state index is 13.6. The molecule has 0 fully saturated rings. The van der Waals surface area contributed by atoms with Crippen molar-refractivity contribution in [3.63, 3.8) is 0 Å². The lowest BCUT2D eigenvalue weighted by Gasteiger charge is -2.22. The number of rotatable bonds is 6. The van der Waals surface area contributed by atoms with E-state index in [9.17, 15) is 9.59 Å². The molecule has 1 atom stereocenters. The average Bonchev–Trinajstić information content (AvgIpc) is 2.79. The van der Waals surface area contributed by atoms with Gasteiger partial charge in [-0.15, -0.1) is 0 Å². The number of carbonyl (C=O) groups is 1. The molecule has 0 aliphatic carbocycles. The van der Waals surface area contributed by atoms with Crippen LogP contribution in [0.5, 0.6) is 0 Å². The normalized spacial score (nSPS) is 11.8. The van der Waals surface area contributed by atoms with Gasteiger partial charge in [-0.25, -0.2) is 9.78 Å². The highest BCUT2D eigenvalue weighted by Gasteiger charge is 2.21. The van der Waals surface area contributed by atoms with Crippen molar-refractivity contribution in [2.75, 3.05) is 17.7 Å². The Morgan fingerprint density at radius 2 is 1.97 bits per heavy atom. The van der Waals surface area contributed by atoms with Crippen molar-refractivity contribution in [1.82, 2.24) is 14.5 Å². The molecule has 2 aromatic carbocycles. The highest BCUT2D eigenvalue weighted by molar-refractivity contribution is 6.35. The summed E-state index contributed by atoms with van der Waals surface area (Å²) in [6.07, 6.45) is 1.32. The molecule has 168 valence electrons. The number of nitrogens with zero attached hydrogens (tertiary/aromatic N) is 3. The lowest BCUT2D eigenvalue weighted by atomic mass is 10.1. The van der Waals surface area contributed by atoms with Gasteiger partial charge in [-0.3, -0.25) is 9.36 Å². The van der Waals surface area contributed by atoms with Gasteiger partial charge in [-0.1, -0.05) is 41.9 Å². The number of nitrogens with two attached hydrogens (primary N) is 1. The zero-order chi connectivity index (χ0) is 23.5. The molecular weight excluding hydrogens is 442 g/mol. The highest BCUT2D eigenvalue weighted by Crippen LogP contribution is 2.28. The van der Waals surface area contributed by atoms with Gasteiger partial charge in [0.2, 0.25) is 5.95 Å². The number of ether oxygens (including phenoxy) is 1. The van der Waals surface area contributed by atoms with Crippen LogP contribution in [0.2, 0.25) is 5.02 Å². The fourth-order valence-corrected chi connectivity index (χ4v) is 3.91. The Morgan fingerprint density at radius 3 is 2.70 bits per heavy atom. The maximum absolute atomic E-state index is 13.6. The monoisotopic (exact) mass is 463 g/mol. The van der Waals surface area contributed by atoms with E-state index in [2.05, 4.69) is 15.3 Å². The minimum atomic E-state index is -0.571. The molecule has 4 aromatic rings. The number of anilines is 2. The third-order valence-electron chi connectivity index (χ3n) is 5.14. The van der Waals surface area contributed by atoms with Crippen LogP contribution in [0.3, 0.4) is 0 Å². The zero-order valence-corrected chi connectivity index (χ0v) is 18.8. The van der Waals surface area contributed by atoms with Gasteiger partial charge in [0.05, 0.1) is 23.1 Å². The number of benzene rings is 2. The number of halogens is 1. The summed E-state index contributed by atoms with van der Waals surface area (Å²) < 4.78 is 6.71. The second-order valence-corrected chi connectivity index (χ2v) is 7.73. The van der Waals surface area contributed by atoms with Crippen LogP contribution in [-0.2, 0) is 4.74 Å². The van der Waals surface area contributed by atoms with Crippen molar-refractivity contribution in [1.29, 1.82) is 0 Å². The molecule has 8 nitrogen and oxygen atoms in total. The number of carbonyl (C=O) groups excluding carboxylic acids is 1. The Labute approximate surface area is 195 Å². The molecule has 0 spiro atoms. The van der Waals surface area contributed by atoms with Crippen molar-refractivity contribution < 1.29 is 9.53 Å². The van der Waals surface area contributed by atoms with E-state index in [0.717, 1.165) is 0 Å². The number of hydrogen-bond donors (Lipinski definition) is 2. The summed E-state index contributed by atoms with van der Waals surface area (Å²) in [6.45, 7) is 3.78. The molecule has 2 heterocycles. The molecule has 0 aliphatic heterocycles. The largest absolute Gasteiger partial charge is 0.462 e. The molecule has 33 heavy (non-hydrogen) atoms. The van der Waals surface area contributed by atoms with Crippen LogP contribution in [0.4, 0.5) is 11.8 Å². The van der Waals surface area contributed by atoms with E-state index in [4.69, 9.17) is 22.1 Å². The topological polar surface area (TPSA) is 112 Å². The summed E-state index contributed by atoms with van der Waals surface area (Å²) in [7, 11) is 0. The van der Waals surface area contributed by atoms with Crippen molar-refractivity contribution >= 4 is 40.1 Å². The first kappa shape index (κ1) is 22.3. The van der Waals surface area contributed by atoms with Gasteiger partial charge in [-0.05, 0) is 43.5 Å². The van der Waals surface area contributed by atoms with E-state index in [0.29, 0.717) is 27.2 Å². The lowest BCUT2D eigenvalue weighted by Crippen LogP contribution is -2.26. The molecule has 0 saturated carbocycles. The summed E-state index contributed by atoms with van der Waals surface area (Å²) >= 11 is 6.38. The highest BCUT2D eigenvalue weighted by atomic mass is 35.5. The quantitative estimate of drug-likeness (QED) is 0.408. The van der Waals surface area contributed by atoms with Gasteiger partial charge in [0.25, 0.3) is 5.56 Å². The summed E-state index contributed by atoms with van der Waals surface area (Å²) in [5, 5.41) is 4.71. The molecule has 3 N–H and O–H groups in total. The maximum Gasteiger partial charge on any atom is 0.343 e. The van der Waals surface area contributed by atoms with Crippen molar-refractivity contribution in [2.24, 2.45) is 0 Å². The Morgan fingerprint density at radius 1 is 1.21 bits per heavy atom. The second-order valence-electron chi connectivity index (χ2n) is 7.33. The fourth-order valence-electron chi connectivity index (χ4n) is 3.64. The number of nitrogen functional groups attached to an aromatic ring is 1. The van der Waals surface area contributed by atoms with E-state index in [1.807, 2.05) is 49.4 Å². The summed E-state index contributed by atoms with van der Waals surface area (Å²) in [5.41, 5.74) is 6.99. The first-order valence-electron chi connectivity index (χ1n) is 10.4. The van der Waals surface area contributed by atoms with Gasteiger partial charge in [0.15, 0.2) is 0 Å². The van der Waals surface area contributed by atoms with Crippen LogP contribution in [0.15, 0.2) is 65.6 Å². The Bertz CT molecular complexity index is 1390. The van der Waals surface area contributed by atoms with Crippen molar-refractivity contribution in [3.05, 3.63) is 87.4 Å². The predicted octanol–water partition coefficient (Wildman–Crippen LogP) is 4.37. The number of nitrogens with one attached hydrogen (secondary N) is 1. The first-order chi connectivity index (χ1) is 15.9. The number of esters is 1. The third kappa shape index (κ3) is 4.38. The van der Waals surface area contributed by atoms with Crippen molar-refractivity contribution in [3.8, 4) is 5.69 Å². The van der Waals surface area contributed by atoms with Crippen LogP contribution in [0.1, 0.15) is 35.9 Å². The van der Waals surface area contributed by atoms with E-state index in [1.54, 1.807) is 23.6 Å². The number of fused-ring (bicyclic) bond motifs is 1. The smallest absolute Gasteiger partial charge is 0.343 e. The zero-order valence-electron chi connectivity index (χ0n) is 18.1. The van der Waals surface area contributed by atoms with E-state index in [-0.39, 0.29) is 29.5 Å². The molecule has 4 rings (SSSR count). The summed E-state index contributed by atoms with van der Waals surface area (Å²) in [5.74, 6) is -0.354. The van der Waals surface area contributed by atoms with Gasteiger partial charge < -0.3 is 15.8 Å². The van der Waals surface area contributed by atoms with Crippen LogP contribution in [0.25, 0.3) is 16.5 Å². The van der Waals surface area contributed by atoms with E-state index >= 15 is 0 Å². The Balaban J connectivity index is 1.88. The molecule has 0 amide bonds. The van der Waals surface area contributed by atoms with Crippen molar-refractivity contribution in [2.45, 2.75) is 19.9 Å². The molecule has 0 saturated heterocycles. The summed E-state index contributed by atoms with van der Waals surface area (Å²) in [6, 6.07) is 16.0. The van der Waals surface area contributed by atoms with Gasteiger partial charge in [0, 0.05) is 17.6 Å². The van der Waals surface area contributed by atoms with Gasteiger partial charge in [0.1, 0.15) is 11.4 Å². The van der Waals surface area contributed by atoms with E-state index < -0.39 is 12.0 Å². The minimum absolute atomic E-state index is 0.00323. The van der Waals surface area contributed by atoms with Crippen LogP contribution in [0, 0.1) is 0 Å². The second kappa shape index (κ2) is 9.30. The van der Waals surface area contributed by atoms with Crippen LogP contribution >= 0.6 is 11.6 Å². The van der Waals surface area contributed by atoms with Gasteiger partial charge in [-0.2, -0.15) is 4.98 Å². The lowest BCUT2D eigenvalue weighted by molar-refractivity contribution is 0.0526. The Kier molecular flexibility index (Phi) is 6.28. The molecule has 9 heteroatoms. The molecule has 0 radical (unpaired) electrons. The molecule has 0 unspecified atom stereocenters. The molecule has 2 aromatic heterocycles. The van der Waals surface area contributed by atoms with Crippen LogP contribution < -0.4 is 16.6 Å². The number of hydrogen-bond acceptors (Lipinski definition) is 7. The fraction of sp³-hybridized carbons (Fsp3) is 0.167. The summed E-state index contributed by atoms with van der Waals surface area (Å²) in [4.78, 5) is 34.1. The molecule has 0 aliphatic rings. The minimum Gasteiger partial charge on any atom is -0.462 e. The number of para-hydroxylation sites is 1. The third-order valence-corrected chi connectivity index (χ3v) is 5.45. The Hall–Kier alpha value is -3.91. The molecular formula is C24H22ClN5O3. The van der Waals surface area contributed by atoms with Crippen LogP contribution in [-0.4, -0.2) is 27.1 Å². The van der Waals surface area contributed by atoms with E-state index in [1.165, 1.54) is 6.20 Å². The standard InChI is InChI=1S/C24H22ClN5O3/c1-3-33-23(32)17-13-27-24(26)29-21(17)28-14(2)19-12-15-8-7-11-18(25)20(15)22(31)30(19)16-9-5-4-6-10-16/h4-14H,3H2,1-2H3,(H3,26,27,28,29)/t14-/m0/s1. The predicted molar refractivity (Wildman–Crippen MR) is 129 cm³/mol. The SMILES string of the molecule is CCOC(=O)c1cnc(N)nc1N[C@@H](C)c1cc2cccc(Cl)c2c(=O)n1-c1ccccc1.